The third-order valence-electron chi connectivity index (χ3n) is 4.28. The smallest absolute Gasteiger partial charge is 0.157 e. The molecule has 0 saturated carbocycles. The second-order valence-corrected chi connectivity index (χ2v) is 5.87. The molecule has 0 amide bonds. The van der Waals surface area contributed by atoms with E-state index in [-0.39, 0.29) is 0 Å². The minimum Gasteiger partial charge on any atom is -0.337 e. The van der Waals surface area contributed by atoms with Crippen molar-refractivity contribution in [2.45, 2.75) is 6.42 Å². The third-order valence-corrected chi connectivity index (χ3v) is 4.28. The van der Waals surface area contributed by atoms with Crippen LogP contribution in [0.25, 0.3) is 22.6 Å². The Morgan fingerprint density at radius 1 is 0.750 bits per heavy atom. The highest BCUT2D eigenvalue weighted by atomic mass is 15.0. The van der Waals surface area contributed by atoms with Crippen molar-refractivity contribution in [3.05, 3.63) is 78.0 Å². The molecule has 1 N–H and O–H groups in total. The van der Waals surface area contributed by atoms with Crippen LogP contribution in [0.3, 0.4) is 0 Å². The van der Waals surface area contributed by atoms with Gasteiger partial charge in [0.1, 0.15) is 5.69 Å². The Balaban J connectivity index is 1.55. The number of pyridine rings is 1. The SMILES string of the molecule is c1cc(C2=Nc3ccccc3C2)nc(-c2nc3ccccc3[nH]2)c1. The van der Waals surface area contributed by atoms with Crippen molar-refractivity contribution in [1.29, 1.82) is 0 Å². The molecular weight excluding hydrogens is 296 g/mol. The Bertz CT molecular complexity index is 1060. The molecule has 0 spiro atoms. The van der Waals surface area contributed by atoms with Gasteiger partial charge < -0.3 is 4.98 Å². The van der Waals surface area contributed by atoms with Crippen LogP contribution >= 0.6 is 0 Å². The number of nitrogens with one attached hydrogen (secondary N) is 1. The Morgan fingerprint density at radius 2 is 1.58 bits per heavy atom. The number of aromatic nitrogens is 3. The lowest BCUT2D eigenvalue weighted by Gasteiger charge is -2.02. The molecule has 0 saturated heterocycles. The van der Waals surface area contributed by atoms with Gasteiger partial charge in [-0.1, -0.05) is 36.4 Å². The molecule has 114 valence electrons. The molecule has 1 aliphatic heterocycles. The van der Waals surface area contributed by atoms with Crippen LogP contribution in [0, 0.1) is 0 Å². The molecule has 4 heteroatoms. The summed E-state index contributed by atoms with van der Waals surface area (Å²) in [7, 11) is 0. The third kappa shape index (κ3) is 2.12. The first kappa shape index (κ1) is 13.2. The van der Waals surface area contributed by atoms with Gasteiger partial charge in [-0.25, -0.2) is 9.97 Å². The standard InChI is InChI=1S/C20H14N4/c1-2-7-14-13(6-1)12-19(21-14)17-10-5-11-18(22-17)20-23-15-8-3-4-9-16(15)24-20/h1-11H,12H2,(H,23,24). The normalized spacial score (nSPS) is 13.1. The van der Waals surface area contributed by atoms with Crippen LogP contribution in [0.2, 0.25) is 0 Å². The van der Waals surface area contributed by atoms with Crippen LogP contribution in [0.4, 0.5) is 5.69 Å². The molecule has 2 aromatic heterocycles. The van der Waals surface area contributed by atoms with E-state index in [4.69, 9.17) is 9.98 Å². The predicted octanol–water partition coefficient (Wildman–Crippen LogP) is 4.30. The topological polar surface area (TPSA) is 53.9 Å². The van der Waals surface area contributed by atoms with Gasteiger partial charge in [-0.15, -0.1) is 0 Å². The first-order valence-corrected chi connectivity index (χ1v) is 7.95. The molecule has 4 nitrogen and oxygen atoms in total. The van der Waals surface area contributed by atoms with Gasteiger partial charge in [0, 0.05) is 6.42 Å². The molecule has 0 aliphatic carbocycles. The van der Waals surface area contributed by atoms with Crippen molar-refractivity contribution in [1.82, 2.24) is 15.0 Å². The van der Waals surface area contributed by atoms with Gasteiger partial charge in [-0.2, -0.15) is 0 Å². The highest BCUT2D eigenvalue weighted by Gasteiger charge is 2.17. The van der Waals surface area contributed by atoms with E-state index in [1.54, 1.807) is 0 Å². The van der Waals surface area contributed by atoms with Crippen molar-refractivity contribution < 1.29 is 0 Å². The van der Waals surface area contributed by atoms with Crippen molar-refractivity contribution in [2.75, 3.05) is 0 Å². The summed E-state index contributed by atoms with van der Waals surface area (Å²) in [5.74, 6) is 0.786. The van der Waals surface area contributed by atoms with E-state index in [9.17, 15) is 0 Å². The fraction of sp³-hybridized carbons (Fsp3) is 0.0500. The molecule has 3 heterocycles. The largest absolute Gasteiger partial charge is 0.337 e. The molecule has 2 aromatic carbocycles. The van der Waals surface area contributed by atoms with Crippen LogP contribution in [0.5, 0.6) is 0 Å². The predicted molar refractivity (Wildman–Crippen MR) is 95.7 cm³/mol. The number of nitrogens with zero attached hydrogens (tertiary/aromatic N) is 3. The fourth-order valence-electron chi connectivity index (χ4n) is 3.08. The van der Waals surface area contributed by atoms with Gasteiger partial charge in [-0.3, -0.25) is 4.99 Å². The van der Waals surface area contributed by atoms with E-state index in [0.29, 0.717) is 0 Å². The molecule has 24 heavy (non-hydrogen) atoms. The molecule has 5 rings (SSSR count). The van der Waals surface area contributed by atoms with Crippen molar-refractivity contribution >= 4 is 22.4 Å². The highest BCUT2D eigenvalue weighted by molar-refractivity contribution is 6.05. The zero-order valence-electron chi connectivity index (χ0n) is 12.9. The average Bonchev–Trinajstić information content (AvgIpc) is 3.26. The number of hydrogen-bond donors (Lipinski definition) is 1. The Kier molecular flexibility index (Phi) is 2.82. The summed E-state index contributed by atoms with van der Waals surface area (Å²) < 4.78 is 0. The van der Waals surface area contributed by atoms with Crippen LogP contribution in [-0.2, 0) is 6.42 Å². The van der Waals surface area contributed by atoms with E-state index >= 15 is 0 Å². The van der Waals surface area contributed by atoms with E-state index in [1.165, 1.54) is 5.56 Å². The fourth-order valence-corrected chi connectivity index (χ4v) is 3.08. The first-order valence-electron chi connectivity index (χ1n) is 7.95. The van der Waals surface area contributed by atoms with Gasteiger partial charge in [0.2, 0.25) is 0 Å². The summed E-state index contributed by atoms with van der Waals surface area (Å²) in [4.78, 5) is 17.5. The number of para-hydroxylation sites is 3. The number of H-pyrrole nitrogens is 1. The van der Waals surface area contributed by atoms with E-state index < -0.39 is 0 Å². The van der Waals surface area contributed by atoms with Gasteiger partial charge in [0.15, 0.2) is 5.82 Å². The Morgan fingerprint density at radius 3 is 2.50 bits per heavy atom. The lowest BCUT2D eigenvalue weighted by molar-refractivity contribution is 1.21. The number of imidazole rings is 1. The zero-order valence-corrected chi connectivity index (χ0v) is 12.9. The van der Waals surface area contributed by atoms with Crippen LogP contribution in [0.15, 0.2) is 71.7 Å². The number of rotatable bonds is 2. The number of aromatic amines is 1. The second-order valence-electron chi connectivity index (χ2n) is 5.87. The zero-order chi connectivity index (χ0) is 15.9. The van der Waals surface area contributed by atoms with E-state index in [0.717, 1.165) is 46.1 Å². The number of benzene rings is 2. The van der Waals surface area contributed by atoms with Gasteiger partial charge in [-0.05, 0) is 35.9 Å². The summed E-state index contributed by atoms with van der Waals surface area (Å²) in [6, 6.07) is 22.2. The summed E-state index contributed by atoms with van der Waals surface area (Å²) in [5.41, 5.74) is 7.02. The number of hydrogen-bond acceptors (Lipinski definition) is 3. The number of fused-ring (bicyclic) bond motifs is 2. The van der Waals surface area contributed by atoms with Crippen molar-refractivity contribution in [2.24, 2.45) is 4.99 Å². The maximum absolute atomic E-state index is 4.78. The van der Waals surface area contributed by atoms with Gasteiger partial charge in [0.25, 0.3) is 0 Å². The molecule has 0 bridgehead atoms. The van der Waals surface area contributed by atoms with Crippen molar-refractivity contribution in [3.8, 4) is 11.5 Å². The Hall–Kier alpha value is -3.27. The lowest BCUT2D eigenvalue weighted by Crippen LogP contribution is -2.04. The lowest BCUT2D eigenvalue weighted by atomic mass is 10.1. The molecule has 0 radical (unpaired) electrons. The van der Waals surface area contributed by atoms with Gasteiger partial charge >= 0.3 is 0 Å². The molecule has 1 aliphatic rings. The minimum absolute atomic E-state index is 0.786. The maximum atomic E-state index is 4.78. The summed E-state index contributed by atoms with van der Waals surface area (Å²) >= 11 is 0. The quantitative estimate of drug-likeness (QED) is 0.600. The number of aliphatic imine (C=N–C) groups is 1. The summed E-state index contributed by atoms with van der Waals surface area (Å²) in [5, 5.41) is 0. The molecule has 0 fully saturated rings. The highest BCUT2D eigenvalue weighted by Crippen LogP contribution is 2.28. The van der Waals surface area contributed by atoms with E-state index in [1.807, 2.05) is 54.6 Å². The molecule has 4 aromatic rings. The first-order chi connectivity index (χ1) is 11.9. The van der Waals surface area contributed by atoms with Crippen LogP contribution in [-0.4, -0.2) is 20.7 Å². The summed E-state index contributed by atoms with van der Waals surface area (Å²) in [6.07, 6.45) is 0.826. The summed E-state index contributed by atoms with van der Waals surface area (Å²) in [6.45, 7) is 0. The minimum atomic E-state index is 0.786. The van der Waals surface area contributed by atoms with Crippen molar-refractivity contribution in [3.63, 3.8) is 0 Å². The van der Waals surface area contributed by atoms with E-state index in [2.05, 4.69) is 22.1 Å². The average molecular weight is 310 g/mol. The maximum Gasteiger partial charge on any atom is 0.157 e. The van der Waals surface area contributed by atoms with Crippen LogP contribution in [0.1, 0.15) is 11.3 Å². The molecular formula is C20H14N4. The monoisotopic (exact) mass is 310 g/mol. The second kappa shape index (κ2) is 5.13. The Labute approximate surface area is 138 Å². The van der Waals surface area contributed by atoms with Gasteiger partial charge in [0.05, 0.1) is 28.1 Å². The van der Waals surface area contributed by atoms with Crippen LogP contribution < -0.4 is 0 Å². The molecule has 0 unspecified atom stereocenters. The molecule has 0 atom stereocenters.